The zero-order chi connectivity index (χ0) is 14.5. The summed E-state index contributed by atoms with van der Waals surface area (Å²) in [5, 5.41) is 2.64. The van der Waals surface area contributed by atoms with Crippen LogP contribution in [0.3, 0.4) is 0 Å². The standard InChI is InChI=1S/C12H17FN2O3S/c1-3-15(7-8-19(13,17)18)12-6-4-5-11(9-12)14-10(2)16/h4-6,9H,3,7-8H2,1-2H3,(H,14,16). The molecule has 0 bridgehead atoms. The molecule has 1 aromatic carbocycles. The van der Waals surface area contributed by atoms with Gasteiger partial charge in [0.2, 0.25) is 5.91 Å². The molecule has 0 unspecified atom stereocenters. The monoisotopic (exact) mass is 288 g/mol. The van der Waals surface area contributed by atoms with Crippen molar-refractivity contribution >= 4 is 27.5 Å². The van der Waals surface area contributed by atoms with Crippen LogP contribution in [-0.4, -0.2) is 33.2 Å². The minimum absolute atomic E-state index is 0.0683. The van der Waals surface area contributed by atoms with Gasteiger partial charge in [0, 0.05) is 31.4 Å². The molecule has 1 aromatic rings. The van der Waals surface area contributed by atoms with Crippen molar-refractivity contribution in [2.45, 2.75) is 13.8 Å². The van der Waals surface area contributed by atoms with Crippen molar-refractivity contribution in [2.75, 3.05) is 29.1 Å². The first kappa shape index (κ1) is 15.4. The normalized spacial score (nSPS) is 11.1. The van der Waals surface area contributed by atoms with Gasteiger partial charge in [0.05, 0.1) is 5.75 Å². The Hall–Kier alpha value is -1.63. The van der Waals surface area contributed by atoms with Gasteiger partial charge in [-0.1, -0.05) is 6.07 Å². The molecule has 0 saturated carbocycles. The second kappa shape index (κ2) is 6.51. The van der Waals surface area contributed by atoms with Crippen molar-refractivity contribution in [3.05, 3.63) is 24.3 Å². The molecule has 0 aliphatic heterocycles. The number of nitrogens with zero attached hydrogens (tertiary/aromatic N) is 1. The SMILES string of the molecule is CCN(CCS(=O)(=O)F)c1cccc(NC(C)=O)c1. The van der Waals surface area contributed by atoms with E-state index in [1.54, 1.807) is 29.2 Å². The summed E-state index contributed by atoms with van der Waals surface area (Å²) in [7, 11) is -4.48. The summed E-state index contributed by atoms with van der Waals surface area (Å²) >= 11 is 0. The lowest BCUT2D eigenvalue weighted by molar-refractivity contribution is -0.114. The molecule has 0 saturated heterocycles. The lowest BCUT2D eigenvalue weighted by Gasteiger charge is -2.22. The minimum Gasteiger partial charge on any atom is -0.371 e. The average molecular weight is 288 g/mol. The van der Waals surface area contributed by atoms with Gasteiger partial charge in [-0.25, -0.2) is 0 Å². The number of nitrogens with one attached hydrogen (secondary N) is 1. The van der Waals surface area contributed by atoms with Crippen molar-refractivity contribution in [3.8, 4) is 0 Å². The molecule has 0 fully saturated rings. The summed E-state index contributed by atoms with van der Waals surface area (Å²) in [5.41, 5.74) is 1.35. The smallest absolute Gasteiger partial charge is 0.304 e. The Morgan fingerprint density at radius 2 is 2.11 bits per heavy atom. The van der Waals surface area contributed by atoms with Crippen LogP contribution in [0.1, 0.15) is 13.8 Å². The van der Waals surface area contributed by atoms with Gasteiger partial charge in [0.1, 0.15) is 0 Å². The molecular formula is C12H17FN2O3S. The van der Waals surface area contributed by atoms with E-state index in [1.807, 2.05) is 6.92 Å². The van der Waals surface area contributed by atoms with Crippen LogP contribution in [0.5, 0.6) is 0 Å². The molecule has 0 radical (unpaired) electrons. The Morgan fingerprint density at radius 3 is 2.63 bits per heavy atom. The third-order valence-corrected chi connectivity index (χ3v) is 3.19. The largest absolute Gasteiger partial charge is 0.371 e. The van der Waals surface area contributed by atoms with Gasteiger partial charge in [-0.3, -0.25) is 4.79 Å². The first-order valence-electron chi connectivity index (χ1n) is 5.86. The molecule has 0 aliphatic rings. The van der Waals surface area contributed by atoms with E-state index in [0.29, 0.717) is 12.2 Å². The Labute approximate surface area is 112 Å². The zero-order valence-electron chi connectivity index (χ0n) is 10.9. The quantitative estimate of drug-likeness (QED) is 0.810. The van der Waals surface area contributed by atoms with Gasteiger partial charge < -0.3 is 10.2 Å². The Morgan fingerprint density at radius 1 is 1.42 bits per heavy atom. The second-order valence-corrected chi connectivity index (χ2v) is 5.54. The molecule has 1 amide bonds. The fourth-order valence-electron chi connectivity index (χ4n) is 1.67. The third-order valence-electron chi connectivity index (χ3n) is 2.52. The third kappa shape index (κ3) is 5.69. The maximum absolute atomic E-state index is 12.5. The van der Waals surface area contributed by atoms with Gasteiger partial charge in [-0.05, 0) is 25.1 Å². The second-order valence-electron chi connectivity index (χ2n) is 4.05. The van der Waals surface area contributed by atoms with Gasteiger partial charge in [-0.2, -0.15) is 8.42 Å². The molecule has 5 nitrogen and oxygen atoms in total. The molecule has 0 aromatic heterocycles. The van der Waals surface area contributed by atoms with E-state index in [0.717, 1.165) is 5.69 Å². The number of carbonyl (C=O) groups is 1. The number of carbonyl (C=O) groups excluding carboxylic acids is 1. The van der Waals surface area contributed by atoms with Crippen molar-refractivity contribution < 1.29 is 17.1 Å². The highest BCUT2D eigenvalue weighted by Gasteiger charge is 2.12. The summed E-state index contributed by atoms with van der Waals surface area (Å²) < 4.78 is 33.6. The van der Waals surface area contributed by atoms with Gasteiger partial charge >= 0.3 is 10.2 Å². The van der Waals surface area contributed by atoms with Crippen LogP contribution in [-0.2, 0) is 15.0 Å². The zero-order valence-corrected chi connectivity index (χ0v) is 11.7. The van der Waals surface area contributed by atoms with Crippen molar-refractivity contribution in [2.24, 2.45) is 0 Å². The number of rotatable bonds is 6. The molecule has 1 N–H and O–H groups in total. The molecule has 106 valence electrons. The number of amides is 1. The molecule has 1 rings (SSSR count). The van der Waals surface area contributed by atoms with Gasteiger partial charge in [0.25, 0.3) is 0 Å². The summed E-state index contributed by atoms with van der Waals surface area (Å²) in [6.07, 6.45) is 0. The molecule has 19 heavy (non-hydrogen) atoms. The van der Waals surface area contributed by atoms with Crippen LogP contribution in [0.15, 0.2) is 24.3 Å². The number of hydrogen-bond acceptors (Lipinski definition) is 4. The van der Waals surface area contributed by atoms with Crippen LogP contribution in [0, 0.1) is 0 Å². The van der Waals surface area contributed by atoms with Gasteiger partial charge in [0.15, 0.2) is 0 Å². The van der Waals surface area contributed by atoms with E-state index in [1.165, 1.54) is 6.92 Å². The summed E-state index contributed by atoms with van der Waals surface area (Å²) in [4.78, 5) is 12.7. The average Bonchev–Trinajstić information content (AvgIpc) is 2.28. The minimum atomic E-state index is -4.48. The number of halogens is 1. The molecular weight excluding hydrogens is 271 g/mol. The van der Waals surface area contributed by atoms with E-state index < -0.39 is 16.0 Å². The van der Waals surface area contributed by atoms with Crippen molar-refractivity contribution in [1.29, 1.82) is 0 Å². The maximum atomic E-state index is 12.5. The van der Waals surface area contributed by atoms with E-state index in [9.17, 15) is 17.1 Å². The first-order chi connectivity index (χ1) is 8.81. The van der Waals surface area contributed by atoms with E-state index >= 15 is 0 Å². The van der Waals surface area contributed by atoms with E-state index in [4.69, 9.17) is 0 Å². The Kier molecular flexibility index (Phi) is 5.29. The molecule has 7 heteroatoms. The maximum Gasteiger partial charge on any atom is 0.304 e. The summed E-state index contributed by atoms with van der Waals surface area (Å²) in [6.45, 7) is 3.85. The lowest BCUT2D eigenvalue weighted by Crippen LogP contribution is -2.28. The van der Waals surface area contributed by atoms with Crippen LogP contribution in [0.25, 0.3) is 0 Å². The first-order valence-corrected chi connectivity index (χ1v) is 7.42. The predicted octanol–water partition coefficient (Wildman–Crippen LogP) is 1.77. The summed E-state index contributed by atoms with van der Waals surface area (Å²) in [5.74, 6) is -0.739. The predicted molar refractivity (Wildman–Crippen MR) is 73.5 cm³/mol. The van der Waals surface area contributed by atoms with E-state index in [2.05, 4.69) is 5.32 Å². The Bertz CT molecular complexity index is 546. The highest BCUT2D eigenvalue weighted by Crippen LogP contribution is 2.19. The van der Waals surface area contributed by atoms with Crippen molar-refractivity contribution in [3.63, 3.8) is 0 Å². The highest BCUT2D eigenvalue weighted by atomic mass is 32.3. The number of anilines is 2. The van der Waals surface area contributed by atoms with Crippen LogP contribution in [0.4, 0.5) is 15.3 Å². The lowest BCUT2D eigenvalue weighted by atomic mass is 10.2. The topological polar surface area (TPSA) is 66.5 Å². The van der Waals surface area contributed by atoms with Gasteiger partial charge in [-0.15, -0.1) is 3.89 Å². The fraction of sp³-hybridized carbons (Fsp3) is 0.417. The van der Waals surface area contributed by atoms with E-state index in [-0.39, 0.29) is 12.5 Å². The summed E-state index contributed by atoms with van der Waals surface area (Å²) in [6, 6.07) is 6.97. The van der Waals surface area contributed by atoms with Crippen LogP contribution < -0.4 is 10.2 Å². The van der Waals surface area contributed by atoms with Crippen LogP contribution >= 0.6 is 0 Å². The molecule has 0 aliphatic carbocycles. The fourth-order valence-corrected chi connectivity index (χ4v) is 2.11. The molecule has 0 atom stereocenters. The number of hydrogen-bond donors (Lipinski definition) is 1. The molecule has 0 spiro atoms. The molecule has 0 heterocycles. The highest BCUT2D eigenvalue weighted by molar-refractivity contribution is 7.86. The van der Waals surface area contributed by atoms with Crippen molar-refractivity contribution in [1.82, 2.24) is 0 Å². The Balaban J connectivity index is 2.83. The van der Waals surface area contributed by atoms with Crippen LogP contribution in [0.2, 0.25) is 0 Å². The number of benzene rings is 1.